The standard InChI is InChI=1S/C28H36N4OS/c1-3-11-24-29-26(25-22-14-9-6-10-15-23(22)34-27(25)30-24)31-16-18-32(19-17-31)28(33)21(4-2)20-12-7-5-8-13-20/h5,7-8,12-13,21H,3-4,6,9-11,14-19H2,1-2H3. The average molecular weight is 477 g/mol. The van der Waals surface area contributed by atoms with E-state index in [1.165, 1.54) is 46.3 Å². The molecule has 1 amide bonds. The Hall–Kier alpha value is -2.47. The molecule has 5 nitrogen and oxygen atoms in total. The molecule has 1 aromatic carbocycles. The molecule has 1 unspecified atom stereocenters. The van der Waals surface area contributed by atoms with Crippen LogP contribution in [0.15, 0.2) is 30.3 Å². The van der Waals surface area contributed by atoms with Gasteiger partial charge in [0.2, 0.25) is 5.91 Å². The van der Waals surface area contributed by atoms with E-state index in [4.69, 9.17) is 9.97 Å². The van der Waals surface area contributed by atoms with Crippen LogP contribution in [0.2, 0.25) is 0 Å². The molecule has 1 aliphatic heterocycles. The molecule has 180 valence electrons. The minimum atomic E-state index is -0.0534. The molecule has 1 saturated heterocycles. The van der Waals surface area contributed by atoms with Gasteiger partial charge in [0.05, 0.1) is 11.3 Å². The number of piperazine rings is 1. The van der Waals surface area contributed by atoms with Crippen molar-refractivity contribution >= 4 is 33.3 Å². The van der Waals surface area contributed by atoms with Crippen molar-refractivity contribution in [1.29, 1.82) is 0 Å². The van der Waals surface area contributed by atoms with Crippen molar-refractivity contribution < 1.29 is 4.79 Å². The smallest absolute Gasteiger partial charge is 0.230 e. The fraction of sp³-hybridized carbons (Fsp3) is 0.536. The lowest BCUT2D eigenvalue weighted by molar-refractivity contribution is -0.133. The third kappa shape index (κ3) is 4.57. The molecule has 0 radical (unpaired) electrons. The lowest BCUT2D eigenvalue weighted by Crippen LogP contribution is -2.50. The maximum absolute atomic E-state index is 13.4. The van der Waals surface area contributed by atoms with Gasteiger partial charge in [-0.3, -0.25) is 4.79 Å². The van der Waals surface area contributed by atoms with Gasteiger partial charge in [0.1, 0.15) is 16.5 Å². The highest BCUT2D eigenvalue weighted by Crippen LogP contribution is 2.39. The van der Waals surface area contributed by atoms with Crippen molar-refractivity contribution in [1.82, 2.24) is 14.9 Å². The molecule has 5 rings (SSSR count). The van der Waals surface area contributed by atoms with E-state index in [9.17, 15) is 4.79 Å². The van der Waals surface area contributed by atoms with Crippen molar-refractivity contribution in [3.05, 3.63) is 52.2 Å². The Morgan fingerprint density at radius 2 is 1.76 bits per heavy atom. The zero-order valence-electron chi connectivity index (χ0n) is 20.6. The maximum Gasteiger partial charge on any atom is 0.230 e. The van der Waals surface area contributed by atoms with Gasteiger partial charge in [-0.25, -0.2) is 9.97 Å². The molecule has 1 fully saturated rings. The number of aromatic nitrogens is 2. The molecular formula is C28H36N4OS. The minimum absolute atomic E-state index is 0.0534. The Labute approximate surface area is 207 Å². The molecule has 3 aromatic rings. The lowest BCUT2D eigenvalue weighted by Gasteiger charge is -2.37. The molecule has 3 heterocycles. The summed E-state index contributed by atoms with van der Waals surface area (Å²) in [5, 5.41) is 1.30. The average Bonchev–Trinajstić information content (AvgIpc) is 3.05. The number of aryl methyl sites for hydroxylation is 3. The lowest BCUT2D eigenvalue weighted by atomic mass is 9.95. The number of fused-ring (bicyclic) bond motifs is 3. The summed E-state index contributed by atoms with van der Waals surface area (Å²) in [5.74, 6) is 2.30. The summed E-state index contributed by atoms with van der Waals surface area (Å²) in [6.07, 6.45) is 8.98. The highest BCUT2D eigenvalue weighted by molar-refractivity contribution is 7.19. The van der Waals surface area contributed by atoms with Crippen LogP contribution in [-0.2, 0) is 24.1 Å². The predicted molar refractivity (Wildman–Crippen MR) is 141 cm³/mol. The van der Waals surface area contributed by atoms with Crippen molar-refractivity contribution in [3.63, 3.8) is 0 Å². The quantitative estimate of drug-likeness (QED) is 0.425. The van der Waals surface area contributed by atoms with Gasteiger partial charge in [0.15, 0.2) is 0 Å². The van der Waals surface area contributed by atoms with Crippen LogP contribution in [0, 0.1) is 0 Å². The molecule has 2 aromatic heterocycles. The number of hydrogen-bond acceptors (Lipinski definition) is 5. The Kier molecular flexibility index (Phi) is 7.14. The summed E-state index contributed by atoms with van der Waals surface area (Å²) in [7, 11) is 0. The summed E-state index contributed by atoms with van der Waals surface area (Å²) in [5.41, 5.74) is 2.63. The van der Waals surface area contributed by atoms with Crippen LogP contribution in [-0.4, -0.2) is 47.0 Å². The molecule has 0 saturated carbocycles. The van der Waals surface area contributed by atoms with E-state index in [2.05, 4.69) is 35.8 Å². The summed E-state index contributed by atoms with van der Waals surface area (Å²) in [4.78, 5) is 30.7. The Morgan fingerprint density at radius 1 is 1.00 bits per heavy atom. The Balaban J connectivity index is 1.40. The summed E-state index contributed by atoms with van der Waals surface area (Å²) >= 11 is 1.90. The van der Waals surface area contributed by atoms with Crippen LogP contribution in [0.5, 0.6) is 0 Å². The van der Waals surface area contributed by atoms with Gasteiger partial charge >= 0.3 is 0 Å². The first-order chi connectivity index (χ1) is 16.7. The van der Waals surface area contributed by atoms with Crippen LogP contribution in [0.25, 0.3) is 10.2 Å². The fourth-order valence-corrected chi connectivity index (χ4v) is 6.79. The van der Waals surface area contributed by atoms with E-state index >= 15 is 0 Å². The maximum atomic E-state index is 13.4. The van der Waals surface area contributed by atoms with Crippen molar-refractivity contribution in [2.75, 3.05) is 31.1 Å². The predicted octanol–water partition coefficient (Wildman–Crippen LogP) is 5.76. The summed E-state index contributed by atoms with van der Waals surface area (Å²) in [6.45, 7) is 7.48. The first-order valence-corrected chi connectivity index (χ1v) is 13.9. The van der Waals surface area contributed by atoms with Gasteiger partial charge in [-0.2, -0.15) is 0 Å². The van der Waals surface area contributed by atoms with Crippen LogP contribution in [0.3, 0.4) is 0 Å². The van der Waals surface area contributed by atoms with Gasteiger partial charge in [0.25, 0.3) is 0 Å². The number of anilines is 1. The van der Waals surface area contributed by atoms with Gasteiger partial charge < -0.3 is 9.80 Å². The second-order valence-corrected chi connectivity index (χ2v) is 10.7. The van der Waals surface area contributed by atoms with Crippen LogP contribution < -0.4 is 4.90 Å². The van der Waals surface area contributed by atoms with Crippen molar-refractivity contribution in [3.8, 4) is 0 Å². The van der Waals surface area contributed by atoms with Gasteiger partial charge in [0, 0.05) is 37.5 Å². The number of benzene rings is 1. The molecular weight excluding hydrogens is 440 g/mol. The molecule has 6 heteroatoms. The van der Waals surface area contributed by atoms with Gasteiger partial charge in [-0.05, 0) is 49.7 Å². The zero-order chi connectivity index (χ0) is 23.5. The summed E-state index contributed by atoms with van der Waals surface area (Å²) in [6, 6.07) is 10.2. The van der Waals surface area contributed by atoms with Crippen molar-refractivity contribution in [2.45, 2.75) is 71.1 Å². The fourth-order valence-electron chi connectivity index (χ4n) is 5.52. The molecule has 2 aliphatic rings. The minimum Gasteiger partial charge on any atom is -0.352 e. The van der Waals surface area contributed by atoms with E-state index in [-0.39, 0.29) is 11.8 Å². The first-order valence-electron chi connectivity index (χ1n) is 13.1. The number of nitrogens with zero attached hydrogens (tertiary/aromatic N) is 4. The van der Waals surface area contributed by atoms with E-state index in [0.29, 0.717) is 0 Å². The zero-order valence-corrected chi connectivity index (χ0v) is 21.4. The number of thiophene rings is 1. The Bertz CT molecular complexity index is 1130. The van der Waals surface area contributed by atoms with E-state index in [1.807, 2.05) is 29.5 Å². The molecule has 1 atom stereocenters. The van der Waals surface area contributed by atoms with Crippen LogP contribution in [0.4, 0.5) is 5.82 Å². The first kappa shape index (κ1) is 23.3. The monoisotopic (exact) mass is 476 g/mol. The molecule has 0 N–H and O–H groups in total. The third-order valence-electron chi connectivity index (χ3n) is 7.36. The molecule has 34 heavy (non-hydrogen) atoms. The SMILES string of the molecule is CCCc1nc(N2CCN(C(=O)C(CC)c3ccccc3)CC2)c2c3c(sc2n1)CCCCC3. The van der Waals surface area contributed by atoms with Crippen LogP contribution >= 0.6 is 11.3 Å². The van der Waals surface area contributed by atoms with E-state index in [1.54, 1.807) is 0 Å². The number of amides is 1. The van der Waals surface area contributed by atoms with E-state index in [0.717, 1.165) is 69.1 Å². The second kappa shape index (κ2) is 10.4. The van der Waals surface area contributed by atoms with Crippen LogP contribution in [0.1, 0.15) is 73.7 Å². The largest absolute Gasteiger partial charge is 0.352 e. The normalized spacial score (nSPS) is 17.5. The second-order valence-electron chi connectivity index (χ2n) is 9.64. The number of carbonyl (C=O) groups is 1. The molecule has 1 aliphatic carbocycles. The Morgan fingerprint density at radius 3 is 2.50 bits per heavy atom. The van der Waals surface area contributed by atoms with Crippen molar-refractivity contribution in [2.24, 2.45) is 0 Å². The number of carbonyl (C=O) groups excluding carboxylic acids is 1. The number of rotatable bonds is 6. The topological polar surface area (TPSA) is 49.3 Å². The van der Waals surface area contributed by atoms with E-state index < -0.39 is 0 Å². The molecule has 0 bridgehead atoms. The third-order valence-corrected chi connectivity index (χ3v) is 8.55. The summed E-state index contributed by atoms with van der Waals surface area (Å²) < 4.78 is 0. The highest BCUT2D eigenvalue weighted by Gasteiger charge is 2.30. The number of hydrogen-bond donors (Lipinski definition) is 0. The van der Waals surface area contributed by atoms with Gasteiger partial charge in [-0.15, -0.1) is 11.3 Å². The highest BCUT2D eigenvalue weighted by atomic mass is 32.1. The van der Waals surface area contributed by atoms with Gasteiger partial charge in [-0.1, -0.05) is 50.6 Å². The molecule has 0 spiro atoms.